The topological polar surface area (TPSA) is 333 Å². The van der Waals surface area contributed by atoms with Gasteiger partial charge in [-0.3, -0.25) is 33.6 Å². The highest BCUT2D eigenvalue weighted by molar-refractivity contribution is 6.32. The van der Waals surface area contributed by atoms with Gasteiger partial charge in [-0.2, -0.15) is 13.2 Å². The Balaban J connectivity index is 0.000000212. The number of amides is 1. The van der Waals surface area contributed by atoms with E-state index in [1.54, 1.807) is 39.8 Å². The van der Waals surface area contributed by atoms with E-state index in [0.29, 0.717) is 5.56 Å². The molecular formula is C73H75F3N2O20. The summed E-state index contributed by atoms with van der Waals surface area (Å²) in [6.45, 7) is 7.47. The molecule has 518 valence electrons. The molecule has 2 heterocycles. The van der Waals surface area contributed by atoms with Crippen LogP contribution in [0.3, 0.4) is 0 Å². The number of carbonyl (C=O) groups is 7. The minimum absolute atomic E-state index is 0.0219. The van der Waals surface area contributed by atoms with Crippen molar-refractivity contribution >= 4 is 40.6 Å². The molecule has 2 aliphatic heterocycles. The first-order valence-corrected chi connectivity index (χ1v) is 32.2. The molecule has 4 aliphatic carbocycles. The zero-order chi connectivity index (χ0) is 70.6. The number of halogens is 3. The fourth-order valence-electron chi connectivity index (χ4n) is 14.3. The number of hydrogen-bond donors (Lipinski definition) is 7. The molecule has 0 bridgehead atoms. The number of ether oxygens (including phenoxy) is 8. The summed E-state index contributed by atoms with van der Waals surface area (Å²) in [5.74, 6) is -9.28. The van der Waals surface area contributed by atoms with E-state index in [9.17, 15) is 72.3 Å². The van der Waals surface area contributed by atoms with E-state index in [-0.39, 0.29) is 112 Å². The van der Waals surface area contributed by atoms with Gasteiger partial charge in [0.1, 0.15) is 53.3 Å². The molecule has 0 spiro atoms. The second kappa shape index (κ2) is 28.1. The van der Waals surface area contributed by atoms with Gasteiger partial charge < -0.3 is 74.5 Å². The van der Waals surface area contributed by atoms with Crippen LogP contribution in [0.2, 0.25) is 0 Å². The van der Waals surface area contributed by atoms with Crippen molar-refractivity contribution in [2.45, 2.75) is 140 Å². The number of aromatic hydroxyl groups is 3. The number of ketones is 6. The van der Waals surface area contributed by atoms with Gasteiger partial charge in [0.2, 0.25) is 11.6 Å². The molecule has 2 fully saturated rings. The summed E-state index contributed by atoms with van der Waals surface area (Å²) in [7, 11) is 2.70. The first-order chi connectivity index (χ1) is 46.7. The van der Waals surface area contributed by atoms with E-state index in [1.807, 2.05) is 72.9 Å². The molecule has 98 heavy (non-hydrogen) atoms. The number of nitrogens with two attached hydrogens (primary N) is 1. The molecule has 12 rings (SSSR count). The Morgan fingerprint density at radius 1 is 0.612 bits per heavy atom. The van der Waals surface area contributed by atoms with Crippen LogP contribution in [0, 0.1) is 17.8 Å². The standard InChI is InChI=1S/C44H42F3NO10.C29H33NO10/c1-22-23(2)57-33(20-29(22)48-42(54)44(45,46)47)58-32-19-24(30(49)21-56-43(3,25-12-7-5-8-13-25)26-14-9-6-10-15-26)18-28-35(32)41(53)37-36(39(28)51)38(50)27-16-11-17-31(55-4)34(27)40(37)52;1-4-38-29-15-8-13(17(32)11-31)9-19(40-20-10-16(30)25(33)12(2)39-20)22(15)28(36)23-24(29)26(34)14-6-5-7-18(37-3)21(14)27(23)35/h5-17,22-24,29,32-33,51,53H,18-21H2,1-4H3,(H,48,54);5-7,12-13,16,19-20,25,31,33,36H,4,8-11,30H2,1-3H3/t22-,23-,24+,29-,32-,33-;12-,13+,16-,19-,20-,25-/m00/s1. The number of aliphatic hydroxyl groups excluding tert-OH is 2. The summed E-state index contributed by atoms with van der Waals surface area (Å²) in [4.78, 5) is 94.9. The predicted molar refractivity (Wildman–Crippen MR) is 341 cm³/mol. The summed E-state index contributed by atoms with van der Waals surface area (Å²) in [5, 5.41) is 57.5. The number of nitrogens with one attached hydrogen (secondary N) is 1. The zero-order valence-electron chi connectivity index (χ0n) is 54.6. The molecule has 0 saturated carbocycles. The molecule has 0 unspecified atom stereocenters. The van der Waals surface area contributed by atoms with Crippen molar-refractivity contribution in [3.63, 3.8) is 0 Å². The van der Waals surface area contributed by atoms with Crippen LogP contribution in [-0.4, -0.2) is 149 Å². The Kier molecular flexibility index (Phi) is 20.2. The maximum absolute atomic E-state index is 14.3. The number of rotatable bonds is 17. The number of phenols is 3. The number of hydrogen-bond acceptors (Lipinski definition) is 21. The fourth-order valence-corrected chi connectivity index (χ4v) is 14.3. The second-order valence-corrected chi connectivity index (χ2v) is 25.4. The Bertz CT molecular complexity index is 4090. The summed E-state index contributed by atoms with van der Waals surface area (Å²) in [5.41, 5.74) is 5.77. The molecule has 6 aromatic carbocycles. The molecular weight excluding hydrogens is 1280 g/mol. The largest absolute Gasteiger partial charge is 0.507 e. The number of Topliss-reactive ketones (excluding diaryl/α,β-unsaturated/α-hetero) is 2. The van der Waals surface area contributed by atoms with Crippen molar-refractivity contribution < 1.29 is 110 Å². The number of benzene rings is 6. The minimum Gasteiger partial charge on any atom is -0.507 e. The van der Waals surface area contributed by atoms with E-state index >= 15 is 0 Å². The van der Waals surface area contributed by atoms with Crippen LogP contribution in [-0.2, 0) is 56.5 Å². The summed E-state index contributed by atoms with van der Waals surface area (Å²) in [6, 6.07) is 26.0. The average Bonchev–Trinajstić information content (AvgIpc) is 0.720. The highest BCUT2D eigenvalue weighted by Gasteiger charge is 2.50. The van der Waals surface area contributed by atoms with Gasteiger partial charge in [0.15, 0.2) is 35.7 Å². The van der Waals surface area contributed by atoms with Crippen LogP contribution < -0.4 is 25.3 Å². The van der Waals surface area contributed by atoms with Gasteiger partial charge in [-0.05, 0) is 76.6 Å². The Morgan fingerprint density at radius 2 is 1.09 bits per heavy atom. The van der Waals surface area contributed by atoms with Gasteiger partial charge in [0.25, 0.3) is 0 Å². The van der Waals surface area contributed by atoms with Crippen LogP contribution in [0.15, 0.2) is 97.1 Å². The second-order valence-electron chi connectivity index (χ2n) is 25.4. The Labute approximate surface area is 561 Å². The van der Waals surface area contributed by atoms with Gasteiger partial charge in [0, 0.05) is 76.1 Å². The number of fused-ring (bicyclic) bond motifs is 6. The molecule has 22 nitrogen and oxygen atoms in total. The van der Waals surface area contributed by atoms with E-state index in [4.69, 9.17) is 43.6 Å². The summed E-state index contributed by atoms with van der Waals surface area (Å²) in [6.07, 6.45) is -12.1. The van der Waals surface area contributed by atoms with Gasteiger partial charge in [-0.25, -0.2) is 0 Å². The SMILES string of the molecule is CCOc1c2c(c(O)c3c1C(=O)c1cccc(OC)c1C3=O)[C@@H](O[C@H]1C[C@H](N)[C@@H](O)[C@H](C)O1)C[C@H](C(=O)CO)C2.COc1cccc2c1C(=O)c1c(O)c3c(c(O)c1C2=O)C[C@@H](C(=O)COC(C)(c1ccccc1)c1ccccc1)C[C@@H]3O[C@H]1C[C@H](NC(=O)C(F)(F)F)[C@@H](C)[C@H](C)O1. The van der Waals surface area contributed by atoms with Crippen molar-refractivity contribution in [2.75, 3.05) is 34.0 Å². The highest BCUT2D eigenvalue weighted by atomic mass is 19.4. The maximum Gasteiger partial charge on any atom is 0.471 e. The predicted octanol–water partition coefficient (Wildman–Crippen LogP) is 8.45. The molecule has 12 atom stereocenters. The van der Waals surface area contributed by atoms with Gasteiger partial charge >= 0.3 is 12.1 Å². The lowest BCUT2D eigenvalue weighted by molar-refractivity contribution is -0.243. The van der Waals surface area contributed by atoms with Crippen LogP contribution in [0.25, 0.3) is 0 Å². The lowest BCUT2D eigenvalue weighted by Gasteiger charge is -2.42. The third kappa shape index (κ3) is 12.9. The highest BCUT2D eigenvalue weighted by Crippen LogP contribution is 2.55. The Hall–Kier alpha value is -8.92. The van der Waals surface area contributed by atoms with E-state index < -0.39 is 167 Å². The number of carbonyl (C=O) groups excluding carboxylic acids is 7. The van der Waals surface area contributed by atoms with Crippen molar-refractivity contribution in [1.29, 1.82) is 0 Å². The van der Waals surface area contributed by atoms with Crippen molar-refractivity contribution in [3.8, 4) is 34.5 Å². The summed E-state index contributed by atoms with van der Waals surface area (Å²) >= 11 is 0. The first-order valence-electron chi connectivity index (χ1n) is 32.2. The van der Waals surface area contributed by atoms with Gasteiger partial charge in [-0.1, -0.05) is 91.9 Å². The molecule has 6 aromatic rings. The third-order valence-electron chi connectivity index (χ3n) is 19.7. The average molecular weight is 1360 g/mol. The number of phenolic OH excluding ortho intramolecular Hbond substituents is 3. The van der Waals surface area contributed by atoms with E-state index in [2.05, 4.69) is 0 Å². The molecule has 1 amide bonds. The van der Waals surface area contributed by atoms with Crippen LogP contribution in [0.4, 0.5) is 13.2 Å². The minimum atomic E-state index is -5.14. The maximum atomic E-state index is 14.3. The lowest BCUT2D eigenvalue weighted by Crippen LogP contribution is -2.53. The number of methoxy groups -OCH3 is 2. The van der Waals surface area contributed by atoms with Crippen LogP contribution >= 0.6 is 0 Å². The molecule has 0 aromatic heterocycles. The first kappa shape index (κ1) is 70.4. The van der Waals surface area contributed by atoms with Crippen molar-refractivity contribution in [2.24, 2.45) is 23.5 Å². The zero-order valence-corrected chi connectivity index (χ0v) is 54.6. The van der Waals surface area contributed by atoms with Gasteiger partial charge in [-0.15, -0.1) is 0 Å². The smallest absolute Gasteiger partial charge is 0.471 e. The lowest BCUT2D eigenvalue weighted by atomic mass is 9.73. The van der Waals surface area contributed by atoms with Crippen LogP contribution in [0.1, 0.15) is 170 Å². The summed E-state index contributed by atoms with van der Waals surface area (Å²) < 4.78 is 87.6. The molecule has 6 aliphatic rings. The van der Waals surface area contributed by atoms with Gasteiger partial charge in [0.05, 0.1) is 84.7 Å². The Morgan fingerprint density at radius 3 is 1.60 bits per heavy atom. The molecule has 25 heteroatoms. The van der Waals surface area contributed by atoms with Crippen molar-refractivity contribution in [1.82, 2.24) is 5.32 Å². The molecule has 0 radical (unpaired) electrons. The van der Waals surface area contributed by atoms with Crippen molar-refractivity contribution in [3.05, 3.63) is 175 Å². The quantitative estimate of drug-likeness (QED) is 0.0420. The molecule has 2 saturated heterocycles. The fraction of sp³-hybridized carbons (Fsp3) is 0.411. The third-order valence-corrected chi connectivity index (χ3v) is 19.7. The van der Waals surface area contributed by atoms with Crippen LogP contribution in [0.5, 0.6) is 34.5 Å². The monoisotopic (exact) mass is 1360 g/mol. The number of aliphatic hydroxyl groups is 2. The molecule has 8 N–H and O–H groups in total. The van der Waals surface area contributed by atoms with E-state index in [1.165, 1.54) is 38.5 Å². The number of alkyl halides is 3. The van der Waals surface area contributed by atoms with E-state index in [0.717, 1.165) is 11.1 Å². The normalized spacial score (nSPS) is 24.8.